The van der Waals surface area contributed by atoms with Crippen molar-refractivity contribution in [2.45, 2.75) is 38.4 Å². The first-order valence-electron chi connectivity index (χ1n) is 7.05. The predicted octanol–water partition coefficient (Wildman–Crippen LogP) is 2.63. The summed E-state index contributed by atoms with van der Waals surface area (Å²) in [4.78, 5) is 4.81. The zero-order valence-corrected chi connectivity index (χ0v) is 11.3. The van der Waals surface area contributed by atoms with E-state index in [1.807, 2.05) is 0 Å². The van der Waals surface area contributed by atoms with Gasteiger partial charge in [0, 0.05) is 37.3 Å². The van der Waals surface area contributed by atoms with Crippen LogP contribution in [0, 0.1) is 11.6 Å². The molecule has 0 radical (unpaired) electrons. The maximum absolute atomic E-state index is 13.7. The molecule has 0 aliphatic carbocycles. The molecule has 19 heavy (non-hydrogen) atoms. The SMILES string of the molecule is C[C@@H]1CN2CCCC2CN1Cc1cc(F)ccc1F. The Morgan fingerprint density at radius 1 is 1.26 bits per heavy atom. The van der Waals surface area contributed by atoms with Crippen molar-refractivity contribution in [1.82, 2.24) is 9.80 Å². The van der Waals surface area contributed by atoms with Gasteiger partial charge in [0.1, 0.15) is 11.6 Å². The average molecular weight is 266 g/mol. The maximum Gasteiger partial charge on any atom is 0.127 e. The van der Waals surface area contributed by atoms with E-state index in [0.717, 1.165) is 13.1 Å². The fourth-order valence-electron chi connectivity index (χ4n) is 3.35. The molecule has 2 aliphatic heterocycles. The van der Waals surface area contributed by atoms with Gasteiger partial charge in [0.2, 0.25) is 0 Å². The molecule has 0 saturated carbocycles. The van der Waals surface area contributed by atoms with Crippen LogP contribution in [0.25, 0.3) is 0 Å². The number of nitrogens with zero attached hydrogens (tertiary/aromatic N) is 2. The lowest BCUT2D eigenvalue weighted by Gasteiger charge is -2.42. The molecule has 1 aromatic carbocycles. The first kappa shape index (κ1) is 13.0. The number of piperazine rings is 1. The zero-order valence-electron chi connectivity index (χ0n) is 11.3. The third kappa shape index (κ3) is 2.65. The largest absolute Gasteiger partial charge is 0.298 e. The first-order valence-corrected chi connectivity index (χ1v) is 7.05. The molecule has 0 spiro atoms. The summed E-state index contributed by atoms with van der Waals surface area (Å²) in [5.74, 6) is -0.661. The second-order valence-electron chi connectivity index (χ2n) is 5.81. The van der Waals surface area contributed by atoms with Crippen molar-refractivity contribution in [1.29, 1.82) is 0 Å². The quantitative estimate of drug-likeness (QED) is 0.812. The first-order chi connectivity index (χ1) is 9.13. The monoisotopic (exact) mass is 266 g/mol. The topological polar surface area (TPSA) is 6.48 Å². The van der Waals surface area contributed by atoms with Gasteiger partial charge in [0.25, 0.3) is 0 Å². The van der Waals surface area contributed by atoms with Crippen molar-refractivity contribution < 1.29 is 8.78 Å². The number of benzene rings is 1. The highest BCUT2D eigenvalue weighted by molar-refractivity contribution is 5.19. The molecule has 1 unspecified atom stereocenters. The third-order valence-electron chi connectivity index (χ3n) is 4.45. The Hall–Kier alpha value is -1.00. The van der Waals surface area contributed by atoms with Gasteiger partial charge in [-0.15, -0.1) is 0 Å². The van der Waals surface area contributed by atoms with Gasteiger partial charge >= 0.3 is 0 Å². The molecule has 1 aromatic rings. The van der Waals surface area contributed by atoms with Crippen molar-refractivity contribution in [3.8, 4) is 0 Å². The second-order valence-corrected chi connectivity index (χ2v) is 5.81. The summed E-state index contributed by atoms with van der Waals surface area (Å²) in [6, 6.07) is 4.73. The van der Waals surface area contributed by atoms with Crippen LogP contribution in [0.2, 0.25) is 0 Å². The molecule has 0 bridgehead atoms. The molecule has 0 amide bonds. The van der Waals surface area contributed by atoms with Crippen molar-refractivity contribution in [3.05, 3.63) is 35.4 Å². The molecule has 2 atom stereocenters. The van der Waals surface area contributed by atoms with Crippen LogP contribution in [0.4, 0.5) is 8.78 Å². The van der Waals surface area contributed by atoms with Gasteiger partial charge in [-0.3, -0.25) is 9.80 Å². The summed E-state index contributed by atoms with van der Waals surface area (Å²) in [7, 11) is 0. The fourth-order valence-corrected chi connectivity index (χ4v) is 3.35. The van der Waals surface area contributed by atoms with Gasteiger partial charge in [0.05, 0.1) is 0 Å². The van der Waals surface area contributed by atoms with Crippen LogP contribution in [-0.2, 0) is 6.54 Å². The summed E-state index contributed by atoms with van der Waals surface area (Å²) in [6.07, 6.45) is 2.49. The van der Waals surface area contributed by atoms with E-state index in [4.69, 9.17) is 0 Å². The van der Waals surface area contributed by atoms with Crippen molar-refractivity contribution in [3.63, 3.8) is 0 Å². The van der Waals surface area contributed by atoms with E-state index >= 15 is 0 Å². The molecular weight excluding hydrogens is 246 g/mol. The Labute approximate surface area is 113 Å². The smallest absolute Gasteiger partial charge is 0.127 e. The Balaban J connectivity index is 1.73. The Kier molecular flexibility index (Phi) is 3.54. The lowest BCUT2D eigenvalue weighted by molar-refractivity contribution is 0.0532. The minimum absolute atomic E-state index is 0.303. The van der Waals surface area contributed by atoms with E-state index in [-0.39, 0.29) is 11.6 Å². The average Bonchev–Trinajstić information content (AvgIpc) is 2.81. The Bertz CT molecular complexity index is 463. The highest BCUT2D eigenvalue weighted by Gasteiger charge is 2.34. The molecule has 3 rings (SSSR count). The van der Waals surface area contributed by atoms with E-state index < -0.39 is 0 Å². The number of hydrogen-bond donors (Lipinski definition) is 0. The molecule has 0 aromatic heterocycles. The van der Waals surface area contributed by atoms with Crippen LogP contribution in [-0.4, -0.2) is 41.5 Å². The van der Waals surface area contributed by atoms with Crippen LogP contribution in [0.5, 0.6) is 0 Å². The highest BCUT2D eigenvalue weighted by atomic mass is 19.1. The van der Waals surface area contributed by atoms with Crippen LogP contribution < -0.4 is 0 Å². The molecule has 2 nitrogen and oxygen atoms in total. The van der Waals surface area contributed by atoms with E-state index in [1.165, 1.54) is 37.6 Å². The van der Waals surface area contributed by atoms with E-state index in [0.29, 0.717) is 24.2 Å². The Morgan fingerprint density at radius 3 is 2.95 bits per heavy atom. The number of rotatable bonds is 2. The van der Waals surface area contributed by atoms with Crippen molar-refractivity contribution in [2.24, 2.45) is 0 Å². The van der Waals surface area contributed by atoms with Gasteiger partial charge in [-0.2, -0.15) is 0 Å². The van der Waals surface area contributed by atoms with E-state index in [9.17, 15) is 8.78 Å². The molecule has 2 fully saturated rings. The lowest BCUT2D eigenvalue weighted by Crippen LogP contribution is -2.54. The zero-order chi connectivity index (χ0) is 13.4. The number of fused-ring (bicyclic) bond motifs is 1. The summed E-state index contributed by atoms with van der Waals surface area (Å²) < 4.78 is 26.9. The molecule has 2 saturated heterocycles. The molecular formula is C15H20F2N2. The van der Waals surface area contributed by atoms with Crippen molar-refractivity contribution in [2.75, 3.05) is 19.6 Å². The van der Waals surface area contributed by atoms with Crippen molar-refractivity contribution >= 4 is 0 Å². The summed E-state index contributed by atoms with van der Waals surface area (Å²) in [6.45, 7) is 5.89. The Morgan fingerprint density at radius 2 is 2.11 bits per heavy atom. The van der Waals surface area contributed by atoms with Gasteiger partial charge in [-0.05, 0) is 44.5 Å². The van der Waals surface area contributed by atoms with E-state index in [2.05, 4.69) is 16.7 Å². The number of hydrogen-bond acceptors (Lipinski definition) is 2. The van der Waals surface area contributed by atoms with Gasteiger partial charge in [0.15, 0.2) is 0 Å². The van der Waals surface area contributed by atoms with Gasteiger partial charge in [-0.25, -0.2) is 8.78 Å². The van der Waals surface area contributed by atoms with Crippen LogP contribution in [0.1, 0.15) is 25.3 Å². The van der Waals surface area contributed by atoms with Gasteiger partial charge < -0.3 is 0 Å². The van der Waals surface area contributed by atoms with Crippen LogP contribution in [0.15, 0.2) is 18.2 Å². The highest BCUT2D eigenvalue weighted by Crippen LogP contribution is 2.26. The minimum atomic E-state index is -0.358. The summed E-state index contributed by atoms with van der Waals surface area (Å²) >= 11 is 0. The van der Waals surface area contributed by atoms with E-state index in [1.54, 1.807) is 0 Å². The normalized spacial score (nSPS) is 28.6. The molecule has 104 valence electrons. The van der Waals surface area contributed by atoms with Gasteiger partial charge in [-0.1, -0.05) is 0 Å². The second kappa shape index (κ2) is 5.17. The van der Waals surface area contributed by atoms with Crippen LogP contribution >= 0.6 is 0 Å². The van der Waals surface area contributed by atoms with Crippen LogP contribution in [0.3, 0.4) is 0 Å². The molecule has 2 aliphatic rings. The number of halogens is 2. The standard InChI is InChI=1S/C15H20F2N2/c1-11-8-18-6-2-3-14(18)10-19(11)9-12-7-13(16)4-5-15(12)17/h4-5,7,11,14H,2-3,6,8-10H2,1H3/t11-,14?/m1/s1. The molecule has 0 N–H and O–H groups in total. The fraction of sp³-hybridized carbons (Fsp3) is 0.600. The minimum Gasteiger partial charge on any atom is -0.298 e. The molecule has 2 heterocycles. The predicted molar refractivity (Wildman–Crippen MR) is 70.8 cm³/mol. The summed E-state index contributed by atoms with van der Waals surface area (Å²) in [5.41, 5.74) is 0.471. The molecule has 4 heteroatoms. The third-order valence-corrected chi connectivity index (χ3v) is 4.45. The summed E-state index contributed by atoms with van der Waals surface area (Å²) in [5, 5.41) is 0. The lowest BCUT2D eigenvalue weighted by atomic mass is 10.1. The maximum atomic E-state index is 13.7.